The Hall–Kier alpha value is -1.78. The van der Waals surface area contributed by atoms with E-state index in [2.05, 4.69) is 0 Å². The highest BCUT2D eigenvalue weighted by molar-refractivity contribution is 5.78. The third-order valence-corrected chi connectivity index (χ3v) is 2.20. The van der Waals surface area contributed by atoms with Gasteiger partial charge in [0, 0.05) is 11.1 Å². The van der Waals surface area contributed by atoms with E-state index in [0.717, 1.165) is 6.08 Å². The van der Waals surface area contributed by atoms with Gasteiger partial charge in [0.15, 0.2) is 0 Å². The van der Waals surface area contributed by atoms with E-state index < -0.39 is 12.3 Å². The van der Waals surface area contributed by atoms with Gasteiger partial charge in [-0.1, -0.05) is 6.08 Å². The van der Waals surface area contributed by atoms with Crippen LogP contribution in [0.1, 0.15) is 15.9 Å². The van der Waals surface area contributed by atoms with Gasteiger partial charge < -0.3 is 4.74 Å². The molecular formula is C11H7F3O2. The average molecular weight is 228 g/mol. The lowest BCUT2D eigenvalue weighted by Crippen LogP contribution is -2.33. The summed E-state index contributed by atoms with van der Waals surface area (Å²) in [5.41, 5.74) is 0.877. The minimum atomic E-state index is -4.42. The predicted octanol–water partition coefficient (Wildman–Crippen LogP) is 2.84. The van der Waals surface area contributed by atoms with Gasteiger partial charge in [-0.3, -0.25) is 4.79 Å². The van der Waals surface area contributed by atoms with Crippen molar-refractivity contribution in [2.45, 2.75) is 12.3 Å². The maximum atomic E-state index is 12.3. The molecule has 1 aromatic carbocycles. The molecule has 0 saturated heterocycles. The molecule has 0 radical (unpaired) electrons. The molecule has 0 bridgehead atoms. The summed E-state index contributed by atoms with van der Waals surface area (Å²) >= 11 is 0. The van der Waals surface area contributed by atoms with Crippen molar-refractivity contribution in [2.75, 3.05) is 0 Å². The summed E-state index contributed by atoms with van der Waals surface area (Å²) in [6.07, 6.45) is -3.47. The van der Waals surface area contributed by atoms with Gasteiger partial charge in [0.25, 0.3) is 0 Å². The molecule has 5 heteroatoms. The maximum absolute atomic E-state index is 12.3. The summed E-state index contributed by atoms with van der Waals surface area (Å²) in [4.78, 5) is 10.5. The highest BCUT2D eigenvalue weighted by Gasteiger charge is 2.41. The van der Waals surface area contributed by atoms with E-state index in [9.17, 15) is 18.0 Å². The summed E-state index contributed by atoms with van der Waals surface area (Å²) in [6, 6.07) is 4.26. The van der Waals surface area contributed by atoms with Gasteiger partial charge in [0.1, 0.15) is 12.0 Å². The molecule has 1 atom stereocenters. The minimum Gasteiger partial charge on any atom is -0.476 e. The quantitative estimate of drug-likeness (QED) is 0.691. The molecule has 0 fully saturated rings. The number of halogens is 3. The van der Waals surface area contributed by atoms with Crippen LogP contribution in [-0.2, 0) is 0 Å². The van der Waals surface area contributed by atoms with E-state index >= 15 is 0 Å². The lowest BCUT2D eigenvalue weighted by molar-refractivity contribution is -0.180. The van der Waals surface area contributed by atoms with Crippen LogP contribution < -0.4 is 4.74 Å². The zero-order chi connectivity index (χ0) is 11.8. The Bertz CT molecular complexity index is 449. The van der Waals surface area contributed by atoms with Crippen LogP contribution in [-0.4, -0.2) is 18.6 Å². The largest absolute Gasteiger partial charge is 0.476 e. The minimum absolute atomic E-state index is 0.135. The lowest BCUT2D eigenvalue weighted by atomic mass is 10.1. The Labute approximate surface area is 89.3 Å². The average Bonchev–Trinajstić information content (AvgIpc) is 2.26. The van der Waals surface area contributed by atoms with Gasteiger partial charge in [-0.2, -0.15) is 13.2 Å². The Morgan fingerprint density at radius 3 is 2.69 bits per heavy atom. The number of rotatable bonds is 1. The SMILES string of the molecule is O=Cc1ccc2c(c1)C=CC(C(F)(F)F)O2. The molecule has 0 amide bonds. The maximum Gasteiger partial charge on any atom is 0.429 e. The first-order valence-corrected chi connectivity index (χ1v) is 4.51. The van der Waals surface area contributed by atoms with Crippen LogP contribution >= 0.6 is 0 Å². The van der Waals surface area contributed by atoms with Gasteiger partial charge in [-0.15, -0.1) is 0 Å². The van der Waals surface area contributed by atoms with E-state index in [1.165, 1.54) is 24.3 Å². The van der Waals surface area contributed by atoms with Gasteiger partial charge in [0.05, 0.1) is 0 Å². The van der Waals surface area contributed by atoms with Crippen LogP contribution in [0.15, 0.2) is 24.3 Å². The van der Waals surface area contributed by atoms with Crippen LogP contribution in [0, 0.1) is 0 Å². The van der Waals surface area contributed by atoms with Crippen LogP contribution in [0.5, 0.6) is 5.75 Å². The fourth-order valence-corrected chi connectivity index (χ4v) is 1.42. The van der Waals surface area contributed by atoms with Crippen molar-refractivity contribution in [3.05, 3.63) is 35.4 Å². The summed E-state index contributed by atoms with van der Waals surface area (Å²) in [5.74, 6) is 0.135. The molecule has 0 aromatic heterocycles. The second kappa shape index (κ2) is 3.66. The Morgan fingerprint density at radius 2 is 2.06 bits per heavy atom. The number of ether oxygens (including phenoxy) is 1. The van der Waals surface area contributed by atoms with Crippen molar-refractivity contribution < 1.29 is 22.7 Å². The lowest BCUT2D eigenvalue weighted by Gasteiger charge is -2.23. The molecule has 1 aliphatic rings. The van der Waals surface area contributed by atoms with E-state index in [0.29, 0.717) is 17.4 Å². The first kappa shape index (κ1) is 10.7. The number of hydrogen-bond donors (Lipinski definition) is 0. The molecule has 1 unspecified atom stereocenters. The van der Waals surface area contributed by atoms with Crippen molar-refractivity contribution in [3.63, 3.8) is 0 Å². The zero-order valence-electron chi connectivity index (χ0n) is 7.99. The molecule has 1 heterocycles. The molecule has 0 spiro atoms. The van der Waals surface area contributed by atoms with Crippen molar-refractivity contribution in [1.29, 1.82) is 0 Å². The molecule has 0 aliphatic carbocycles. The molecule has 2 nitrogen and oxygen atoms in total. The smallest absolute Gasteiger partial charge is 0.429 e. The number of carbonyl (C=O) groups is 1. The van der Waals surface area contributed by atoms with Crippen molar-refractivity contribution >= 4 is 12.4 Å². The van der Waals surface area contributed by atoms with Gasteiger partial charge >= 0.3 is 6.18 Å². The normalized spacial score (nSPS) is 18.8. The second-order valence-electron chi connectivity index (χ2n) is 3.35. The molecule has 0 N–H and O–H groups in total. The summed E-state index contributed by atoms with van der Waals surface area (Å²) in [6.45, 7) is 0. The first-order chi connectivity index (χ1) is 7.50. The molecule has 1 aliphatic heterocycles. The van der Waals surface area contributed by atoms with Gasteiger partial charge in [0.2, 0.25) is 6.10 Å². The first-order valence-electron chi connectivity index (χ1n) is 4.51. The third kappa shape index (κ3) is 1.93. The van der Waals surface area contributed by atoms with E-state index in [1.807, 2.05) is 0 Å². The van der Waals surface area contributed by atoms with Crippen molar-refractivity contribution in [1.82, 2.24) is 0 Å². The Kier molecular flexibility index (Phi) is 2.46. The summed E-state index contributed by atoms with van der Waals surface area (Å²) in [7, 11) is 0. The molecule has 0 saturated carbocycles. The second-order valence-corrected chi connectivity index (χ2v) is 3.35. The van der Waals surface area contributed by atoms with E-state index in [-0.39, 0.29) is 5.75 Å². The molecule has 16 heavy (non-hydrogen) atoms. The molecule has 2 rings (SSSR count). The van der Waals surface area contributed by atoms with Crippen molar-refractivity contribution in [3.8, 4) is 5.75 Å². The zero-order valence-corrected chi connectivity index (χ0v) is 7.99. The summed E-state index contributed by atoms with van der Waals surface area (Å²) < 4.78 is 41.8. The molecular weight excluding hydrogens is 221 g/mol. The van der Waals surface area contributed by atoms with Crippen LogP contribution in [0.2, 0.25) is 0 Å². The monoisotopic (exact) mass is 228 g/mol. The van der Waals surface area contributed by atoms with Crippen molar-refractivity contribution in [2.24, 2.45) is 0 Å². The fraction of sp³-hybridized carbons (Fsp3) is 0.182. The highest BCUT2D eigenvalue weighted by atomic mass is 19.4. The van der Waals surface area contributed by atoms with E-state index in [1.54, 1.807) is 0 Å². The molecule has 1 aromatic rings. The number of benzene rings is 1. The third-order valence-electron chi connectivity index (χ3n) is 2.20. The Morgan fingerprint density at radius 1 is 1.31 bits per heavy atom. The topological polar surface area (TPSA) is 26.3 Å². The van der Waals surface area contributed by atoms with E-state index in [4.69, 9.17) is 4.74 Å². The van der Waals surface area contributed by atoms with Gasteiger partial charge in [-0.05, 0) is 24.3 Å². The number of fused-ring (bicyclic) bond motifs is 1. The fourth-order valence-electron chi connectivity index (χ4n) is 1.42. The van der Waals surface area contributed by atoms with Crippen LogP contribution in [0.4, 0.5) is 13.2 Å². The standard InChI is InChI=1S/C11H7F3O2/c12-11(13,14)10-4-2-8-5-7(6-15)1-3-9(8)16-10/h1-6,10H. The predicted molar refractivity (Wildman–Crippen MR) is 51.3 cm³/mol. The number of carbonyl (C=O) groups excluding carboxylic acids is 1. The Balaban J connectivity index is 2.33. The number of alkyl halides is 3. The van der Waals surface area contributed by atoms with Gasteiger partial charge in [-0.25, -0.2) is 0 Å². The molecule has 84 valence electrons. The highest BCUT2D eigenvalue weighted by Crippen LogP contribution is 2.33. The van der Waals surface area contributed by atoms with Crippen LogP contribution in [0.25, 0.3) is 6.08 Å². The summed E-state index contributed by atoms with van der Waals surface area (Å²) in [5, 5.41) is 0. The number of aldehydes is 1. The number of hydrogen-bond acceptors (Lipinski definition) is 2. The van der Waals surface area contributed by atoms with Crippen LogP contribution in [0.3, 0.4) is 0 Å².